The van der Waals surface area contributed by atoms with E-state index in [2.05, 4.69) is 40.9 Å². The molecule has 0 N–H and O–H groups in total. The van der Waals surface area contributed by atoms with Crippen molar-refractivity contribution in [3.63, 3.8) is 0 Å². The minimum absolute atomic E-state index is 0.254. The van der Waals surface area contributed by atoms with Crippen molar-refractivity contribution in [3.8, 4) is 6.07 Å². The number of nitriles is 1. The summed E-state index contributed by atoms with van der Waals surface area (Å²) < 4.78 is 2.79. The van der Waals surface area contributed by atoms with E-state index in [4.69, 9.17) is 5.26 Å². The molecule has 0 saturated carbocycles. The fourth-order valence-electron chi connectivity index (χ4n) is 1.62. The molecule has 0 amide bonds. The molecule has 76 valence electrons. The first kappa shape index (κ1) is 10.2. The fourth-order valence-corrected chi connectivity index (χ4v) is 2.17. The van der Waals surface area contributed by atoms with Crippen molar-refractivity contribution in [1.82, 2.24) is 9.78 Å². The van der Waals surface area contributed by atoms with Crippen molar-refractivity contribution in [3.05, 3.63) is 28.4 Å². The molecule has 0 bridgehead atoms. The van der Waals surface area contributed by atoms with Crippen LogP contribution in [0.3, 0.4) is 0 Å². The van der Waals surface area contributed by atoms with E-state index in [-0.39, 0.29) is 6.04 Å². The minimum atomic E-state index is 0.254. The molecule has 1 aromatic carbocycles. The average Bonchev–Trinajstić information content (AvgIpc) is 2.58. The summed E-state index contributed by atoms with van der Waals surface area (Å²) in [6.07, 6.45) is 0. The quantitative estimate of drug-likeness (QED) is 0.793. The number of rotatable bonds is 1. The molecule has 0 aliphatic rings. The Morgan fingerprint density at radius 3 is 2.80 bits per heavy atom. The molecule has 0 spiro atoms. The highest BCUT2D eigenvalue weighted by atomic mass is 79.9. The first-order chi connectivity index (χ1) is 7.15. The lowest BCUT2D eigenvalue weighted by atomic mass is 10.2. The number of aromatic nitrogens is 2. The van der Waals surface area contributed by atoms with Crippen molar-refractivity contribution >= 4 is 26.8 Å². The van der Waals surface area contributed by atoms with Gasteiger partial charge in [-0.25, -0.2) is 0 Å². The molecule has 2 aromatic rings. The van der Waals surface area contributed by atoms with Gasteiger partial charge in [0.2, 0.25) is 0 Å². The average molecular weight is 264 g/mol. The summed E-state index contributed by atoms with van der Waals surface area (Å²) in [5.41, 5.74) is 1.47. The predicted octanol–water partition coefficient (Wildman–Crippen LogP) is 3.25. The van der Waals surface area contributed by atoms with E-state index < -0.39 is 0 Å². The highest BCUT2D eigenvalue weighted by Gasteiger charge is 2.13. The topological polar surface area (TPSA) is 41.6 Å². The van der Waals surface area contributed by atoms with Gasteiger partial charge in [0.25, 0.3) is 0 Å². The molecular formula is C11H10BrN3. The van der Waals surface area contributed by atoms with Crippen molar-refractivity contribution in [2.24, 2.45) is 0 Å². The lowest BCUT2D eigenvalue weighted by molar-refractivity contribution is 0.549. The number of benzene rings is 1. The summed E-state index contributed by atoms with van der Waals surface area (Å²) in [6.45, 7) is 4.10. The van der Waals surface area contributed by atoms with Gasteiger partial charge < -0.3 is 0 Å². The third-order valence-electron chi connectivity index (χ3n) is 2.28. The third kappa shape index (κ3) is 1.53. The molecule has 0 fully saturated rings. The molecule has 0 aliphatic heterocycles. The summed E-state index contributed by atoms with van der Waals surface area (Å²) in [7, 11) is 0. The van der Waals surface area contributed by atoms with Crippen LogP contribution >= 0.6 is 15.9 Å². The molecule has 0 radical (unpaired) electrons. The SMILES string of the molecule is CC(C)n1nc(C#N)c2c(Br)cccc21. The highest BCUT2D eigenvalue weighted by Crippen LogP contribution is 2.28. The number of nitrogens with zero attached hydrogens (tertiary/aromatic N) is 3. The van der Waals surface area contributed by atoms with Crippen LogP contribution in [0, 0.1) is 11.3 Å². The van der Waals surface area contributed by atoms with Gasteiger partial charge in [-0.3, -0.25) is 4.68 Å². The summed E-state index contributed by atoms with van der Waals surface area (Å²) >= 11 is 3.45. The molecule has 1 aromatic heterocycles. The zero-order chi connectivity index (χ0) is 11.0. The van der Waals surface area contributed by atoms with Gasteiger partial charge in [-0.15, -0.1) is 0 Å². The Morgan fingerprint density at radius 2 is 2.20 bits per heavy atom. The molecule has 1 heterocycles. The molecule has 0 saturated heterocycles. The normalized spacial score (nSPS) is 10.9. The Morgan fingerprint density at radius 1 is 1.47 bits per heavy atom. The van der Waals surface area contributed by atoms with Crippen LogP contribution in [0.15, 0.2) is 22.7 Å². The van der Waals surface area contributed by atoms with Gasteiger partial charge in [0.05, 0.1) is 10.9 Å². The smallest absolute Gasteiger partial charge is 0.171 e. The van der Waals surface area contributed by atoms with Crippen LogP contribution in [0.25, 0.3) is 10.9 Å². The largest absolute Gasteiger partial charge is 0.261 e. The molecule has 15 heavy (non-hydrogen) atoms. The monoisotopic (exact) mass is 263 g/mol. The number of halogens is 1. The van der Waals surface area contributed by atoms with Gasteiger partial charge in [0, 0.05) is 10.5 Å². The van der Waals surface area contributed by atoms with E-state index in [1.807, 2.05) is 22.9 Å². The molecule has 0 atom stereocenters. The van der Waals surface area contributed by atoms with Crippen molar-refractivity contribution in [2.75, 3.05) is 0 Å². The lowest BCUT2D eigenvalue weighted by Gasteiger charge is -2.06. The zero-order valence-corrected chi connectivity index (χ0v) is 10.1. The van der Waals surface area contributed by atoms with E-state index in [1.54, 1.807) is 0 Å². The zero-order valence-electron chi connectivity index (χ0n) is 8.53. The van der Waals surface area contributed by atoms with Gasteiger partial charge in [0.1, 0.15) is 6.07 Å². The van der Waals surface area contributed by atoms with E-state index in [0.717, 1.165) is 15.4 Å². The number of fused-ring (bicyclic) bond motifs is 1. The second-order valence-corrected chi connectivity index (χ2v) is 4.49. The van der Waals surface area contributed by atoms with Crippen LogP contribution < -0.4 is 0 Å². The Labute approximate surface area is 96.4 Å². The van der Waals surface area contributed by atoms with Gasteiger partial charge in [0.15, 0.2) is 5.69 Å². The van der Waals surface area contributed by atoms with Crippen LogP contribution in [0.5, 0.6) is 0 Å². The Bertz CT molecular complexity index is 549. The first-order valence-corrected chi connectivity index (χ1v) is 5.51. The molecular weight excluding hydrogens is 254 g/mol. The maximum absolute atomic E-state index is 9.01. The Kier molecular flexibility index (Phi) is 2.49. The standard InChI is InChI=1S/C11H10BrN3/c1-7(2)15-10-5-3-4-8(12)11(10)9(6-13)14-15/h3-5,7H,1-2H3. The molecule has 4 heteroatoms. The van der Waals surface area contributed by atoms with Gasteiger partial charge in [-0.2, -0.15) is 10.4 Å². The summed E-state index contributed by atoms with van der Waals surface area (Å²) in [4.78, 5) is 0. The summed E-state index contributed by atoms with van der Waals surface area (Å²) in [6, 6.07) is 8.24. The van der Waals surface area contributed by atoms with Crippen LogP contribution in [0.1, 0.15) is 25.6 Å². The van der Waals surface area contributed by atoms with Crippen molar-refractivity contribution < 1.29 is 0 Å². The van der Waals surface area contributed by atoms with E-state index in [9.17, 15) is 0 Å². The van der Waals surface area contributed by atoms with Crippen LogP contribution in [0.2, 0.25) is 0 Å². The van der Waals surface area contributed by atoms with Crippen molar-refractivity contribution in [1.29, 1.82) is 5.26 Å². The Hall–Kier alpha value is -1.34. The summed E-state index contributed by atoms with van der Waals surface area (Å²) in [5, 5.41) is 14.2. The first-order valence-electron chi connectivity index (χ1n) is 4.72. The molecule has 3 nitrogen and oxygen atoms in total. The van der Waals surface area contributed by atoms with Gasteiger partial charge >= 0.3 is 0 Å². The second-order valence-electron chi connectivity index (χ2n) is 3.63. The van der Waals surface area contributed by atoms with Crippen LogP contribution in [0.4, 0.5) is 0 Å². The maximum atomic E-state index is 9.01. The summed E-state index contributed by atoms with van der Waals surface area (Å²) in [5.74, 6) is 0. The molecule has 2 rings (SSSR count). The van der Waals surface area contributed by atoms with Crippen molar-refractivity contribution in [2.45, 2.75) is 19.9 Å². The number of hydrogen-bond donors (Lipinski definition) is 0. The van der Waals surface area contributed by atoms with Gasteiger partial charge in [-0.1, -0.05) is 6.07 Å². The Balaban J connectivity index is 2.89. The van der Waals surface area contributed by atoms with Crippen LogP contribution in [-0.4, -0.2) is 9.78 Å². The van der Waals surface area contributed by atoms with E-state index in [1.165, 1.54) is 0 Å². The fraction of sp³-hybridized carbons (Fsp3) is 0.273. The number of hydrogen-bond acceptors (Lipinski definition) is 2. The van der Waals surface area contributed by atoms with E-state index in [0.29, 0.717) is 5.69 Å². The van der Waals surface area contributed by atoms with E-state index >= 15 is 0 Å². The highest BCUT2D eigenvalue weighted by molar-refractivity contribution is 9.10. The minimum Gasteiger partial charge on any atom is -0.261 e. The predicted molar refractivity (Wildman–Crippen MR) is 62.5 cm³/mol. The lowest BCUT2D eigenvalue weighted by Crippen LogP contribution is -2.02. The maximum Gasteiger partial charge on any atom is 0.171 e. The third-order valence-corrected chi connectivity index (χ3v) is 2.94. The second kappa shape index (κ2) is 3.67. The van der Waals surface area contributed by atoms with Crippen LogP contribution in [-0.2, 0) is 0 Å². The molecule has 0 unspecified atom stereocenters. The molecule has 0 aliphatic carbocycles. The van der Waals surface area contributed by atoms with Gasteiger partial charge in [-0.05, 0) is 41.9 Å².